The van der Waals surface area contributed by atoms with Crippen LogP contribution in [0.25, 0.3) is 0 Å². The maximum absolute atomic E-state index is 12.3. The predicted octanol–water partition coefficient (Wildman–Crippen LogP) is -2.20. The van der Waals surface area contributed by atoms with Crippen LogP contribution in [0.1, 0.15) is 40.8 Å². The number of hydrogen-bond donors (Lipinski definition) is 3. The first-order valence-corrected chi connectivity index (χ1v) is 9.15. The fraction of sp³-hybridized carbons (Fsp3) is 0.529. The van der Waals surface area contributed by atoms with Crippen LogP contribution in [0.5, 0.6) is 0 Å². The Morgan fingerprint density at radius 2 is 2.07 bits per heavy atom. The van der Waals surface area contributed by atoms with E-state index in [9.17, 15) is 15.0 Å². The van der Waals surface area contributed by atoms with Gasteiger partial charge in [-0.25, -0.2) is 14.8 Å². The second-order valence-electron chi connectivity index (χ2n) is 6.10. The Balaban J connectivity index is 0.00000364. The van der Waals surface area contributed by atoms with Gasteiger partial charge in [0.05, 0.1) is 17.0 Å². The molecule has 28 heavy (non-hydrogen) atoms. The van der Waals surface area contributed by atoms with E-state index in [0.717, 1.165) is 10.6 Å². The molecule has 0 fully saturated rings. The topological polar surface area (TPSA) is 122 Å². The van der Waals surface area contributed by atoms with Gasteiger partial charge in [-0.05, 0) is 20.8 Å². The lowest BCUT2D eigenvalue weighted by atomic mass is 10.1. The Kier molecular flexibility index (Phi) is 10.3. The summed E-state index contributed by atoms with van der Waals surface area (Å²) >= 11 is 1.27. The molecule has 1 atom stereocenters. The zero-order chi connectivity index (χ0) is 19.5. The number of ether oxygens (including phenoxy) is 1. The lowest BCUT2D eigenvalue weighted by molar-refractivity contribution is -0.701. The number of hydrogen-bond acceptors (Lipinski definition) is 8. The number of nitrogens with zero attached hydrogens (tertiary/aromatic N) is 3. The summed E-state index contributed by atoms with van der Waals surface area (Å²) in [6, 6.07) is 0. The molecule has 0 saturated carbocycles. The number of aromatic nitrogens is 3. The number of carbonyl (C=O) groups excluding carboxylic acids is 1. The molecule has 1 unspecified atom stereocenters. The summed E-state index contributed by atoms with van der Waals surface area (Å²) in [5, 5.41) is 20.6. The predicted molar refractivity (Wildman–Crippen MR) is 104 cm³/mol. The smallest absolute Gasteiger partial charge is 0.350 e. The summed E-state index contributed by atoms with van der Waals surface area (Å²) in [7, 11) is 0. The normalized spacial score (nSPS) is 12.5. The highest BCUT2D eigenvalue weighted by molar-refractivity contribution is 7.11. The summed E-state index contributed by atoms with van der Waals surface area (Å²) in [6.45, 7) is 7.15. The number of esters is 1. The van der Waals surface area contributed by atoms with Crippen LogP contribution in [-0.4, -0.2) is 39.4 Å². The average Bonchev–Trinajstić information content (AvgIpc) is 2.88. The molecule has 0 radical (unpaired) electrons. The van der Waals surface area contributed by atoms with E-state index >= 15 is 0 Å². The molecule has 11 heteroatoms. The molecule has 2 heterocycles. The van der Waals surface area contributed by atoms with Gasteiger partial charge in [-0.1, -0.05) is 11.3 Å². The van der Waals surface area contributed by atoms with Gasteiger partial charge in [-0.3, -0.25) is 0 Å². The maximum Gasteiger partial charge on any atom is 0.350 e. The molecule has 2 aromatic rings. The molecule has 4 N–H and O–H groups in total. The molecule has 0 saturated heterocycles. The molecule has 8 nitrogen and oxygen atoms in total. The number of aliphatic hydroxyl groups excluding tert-OH is 1. The summed E-state index contributed by atoms with van der Waals surface area (Å²) in [4.78, 5) is 21.5. The molecule has 0 aliphatic carbocycles. The first-order chi connectivity index (χ1) is 12.2. The van der Waals surface area contributed by atoms with Gasteiger partial charge in [0, 0.05) is 26.1 Å². The van der Waals surface area contributed by atoms with Crippen LogP contribution in [0.15, 0.2) is 6.20 Å². The Labute approximate surface area is 180 Å². The van der Waals surface area contributed by atoms with Gasteiger partial charge in [0.1, 0.15) is 11.6 Å². The highest BCUT2D eigenvalue weighted by Gasteiger charge is 2.45. The molecule has 0 aromatic carbocycles. The van der Waals surface area contributed by atoms with Crippen molar-refractivity contribution in [1.82, 2.24) is 9.97 Å². The fourth-order valence-corrected chi connectivity index (χ4v) is 3.88. The van der Waals surface area contributed by atoms with Crippen LogP contribution in [0.2, 0.25) is 0 Å². The van der Waals surface area contributed by atoms with E-state index in [-0.39, 0.29) is 38.0 Å². The van der Waals surface area contributed by atoms with Crippen molar-refractivity contribution in [2.24, 2.45) is 0 Å². The number of aliphatic hydroxyl groups is 2. The molecular weight excluding hydrogens is 427 g/mol. The molecule has 2 aromatic heterocycles. The number of nitrogens with two attached hydrogens (primary N) is 1. The summed E-state index contributed by atoms with van der Waals surface area (Å²) in [6.07, 6.45) is 2.06. The van der Waals surface area contributed by atoms with Crippen molar-refractivity contribution < 1.29 is 36.7 Å². The van der Waals surface area contributed by atoms with E-state index < -0.39 is 11.6 Å². The van der Waals surface area contributed by atoms with Crippen molar-refractivity contribution in [3.8, 4) is 0 Å². The summed E-state index contributed by atoms with van der Waals surface area (Å²) in [5.41, 5.74) is 5.69. The molecule has 0 spiro atoms. The number of aryl methyl sites for hydroxylation is 1. The van der Waals surface area contributed by atoms with Crippen molar-refractivity contribution in [1.29, 1.82) is 0 Å². The first kappa shape index (κ1) is 26.5. The first-order valence-electron chi connectivity index (χ1n) is 8.33. The van der Waals surface area contributed by atoms with Crippen LogP contribution in [0.4, 0.5) is 5.82 Å². The minimum absolute atomic E-state index is 0. The monoisotopic (exact) mass is 452 g/mol. The molecule has 158 valence electrons. The molecule has 0 aliphatic heterocycles. The lowest BCUT2D eigenvalue weighted by Gasteiger charge is -2.17. The Hall–Kier alpha value is -1.52. The number of rotatable bonds is 7. The van der Waals surface area contributed by atoms with Crippen LogP contribution in [-0.2, 0) is 28.1 Å². The third-order valence-corrected chi connectivity index (χ3v) is 5.61. The van der Waals surface area contributed by atoms with Crippen molar-refractivity contribution in [2.45, 2.75) is 46.3 Å². The third kappa shape index (κ3) is 5.51. The van der Waals surface area contributed by atoms with Crippen molar-refractivity contribution in [3.63, 3.8) is 0 Å². The molecular formula is C17H26Cl2N4O4S. The van der Waals surface area contributed by atoms with E-state index in [2.05, 4.69) is 9.97 Å². The van der Waals surface area contributed by atoms with Crippen molar-refractivity contribution >= 4 is 35.5 Å². The average molecular weight is 453 g/mol. The van der Waals surface area contributed by atoms with E-state index in [1.807, 2.05) is 6.92 Å². The number of nitrogen functional groups attached to an aromatic ring is 1. The highest BCUT2D eigenvalue weighted by Crippen LogP contribution is 2.29. The third-order valence-electron chi connectivity index (χ3n) is 4.05. The van der Waals surface area contributed by atoms with Gasteiger partial charge in [0.2, 0.25) is 0 Å². The largest absolute Gasteiger partial charge is 1.00 e. The molecule has 2 rings (SSSR count). The van der Waals surface area contributed by atoms with Gasteiger partial charge in [0.15, 0.2) is 12.2 Å². The van der Waals surface area contributed by atoms with Crippen LogP contribution in [0.3, 0.4) is 0 Å². The van der Waals surface area contributed by atoms with Crippen LogP contribution in [0, 0.1) is 13.8 Å². The zero-order valence-corrected chi connectivity index (χ0v) is 18.6. The van der Waals surface area contributed by atoms with Crippen LogP contribution >= 0.6 is 23.7 Å². The summed E-state index contributed by atoms with van der Waals surface area (Å²) in [5.74, 6) is 0.192. The Morgan fingerprint density at radius 3 is 2.61 bits per heavy atom. The zero-order valence-electron chi connectivity index (χ0n) is 16.2. The van der Waals surface area contributed by atoms with Gasteiger partial charge in [-0.2, -0.15) is 4.57 Å². The van der Waals surface area contributed by atoms with E-state index in [1.54, 1.807) is 24.6 Å². The number of halogens is 2. The molecule has 0 aliphatic rings. The van der Waals surface area contributed by atoms with Gasteiger partial charge >= 0.3 is 5.97 Å². The van der Waals surface area contributed by atoms with Gasteiger partial charge in [-0.15, -0.1) is 12.4 Å². The minimum Gasteiger partial charge on any atom is -1.00 e. The number of carbonyl (C=O) groups is 1. The second-order valence-corrected chi connectivity index (χ2v) is 7.18. The van der Waals surface area contributed by atoms with Crippen molar-refractivity contribution in [2.75, 3.05) is 18.9 Å². The fourth-order valence-electron chi connectivity index (χ4n) is 2.60. The lowest BCUT2D eigenvalue weighted by Crippen LogP contribution is -3.00. The Bertz CT molecular complexity index is 815. The van der Waals surface area contributed by atoms with Gasteiger partial charge in [0.25, 0.3) is 10.6 Å². The van der Waals surface area contributed by atoms with Crippen LogP contribution < -0.4 is 22.7 Å². The summed E-state index contributed by atoms with van der Waals surface area (Å²) < 4.78 is 6.82. The quantitative estimate of drug-likeness (QED) is 0.321. The maximum atomic E-state index is 12.3. The van der Waals surface area contributed by atoms with Gasteiger partial charge < -0.3 is 33.1 Å². The van der Waals surface area contributed by atoms with Crippen molar-refractivity contribution in [3.05, 3.63) is 33.2 Å². The minimum atomic E-state index is -1.82. The number of thiazole rings is 1. The SMILES string of the molecule is CCOC(=O)C(C)(O)c1sc(CCO)c(C)[n+]1Cc1cnc(C)nc1N.Cl.[Cl-]. The Morgan fingerprint density at radius 1 is 1.43 bits per heavy atom. The number of anilines is 1. The standard InChI is InChI=1S/C17H25N4O4S.2ClH/c1-5-25-16(23)17(4,24)15-21(10(2)13(26-15)6-7-22)9-12-8-19-11(3)20-14(12)18;;/h8,22,24H,5-7,9H2,1-4H3,(H2,18,19,20);2*1H/q+1;;/p-1. The molecule has 0 amide bonds. The second kappa shape index (κ2) is 10.9. The highest BCUT2D eigenvalue weighted by atomic mass is 35.5. The molecule has 0 bridgehead atoms. The van der Waals surface area contributed by atoms with E-state index in [0.29, 0.717) is 35.2 Å². The van der Waals surface area contributed by atoms with E-state index in [1.165, 1.54) is 18.3 Å². The van der Waals surface area contributed by atoms with E-state index in [4.69, 9.17) is 10.5 Å².